The quantitative estimate of drug-likeness (QED) is 0.582. The monoisotopic (exact) mass is 388 g/mol. The first kappa shape index (κ1) is 20.6. The summed E-state index contributed by atoms with van der Waals surface area (Å²) in [5.41, 5.74) is 4.77. The predicted molar refractivity (Wildman–Crippen MR) is 118 cm³/mol. The zero-order valence-corrected chi connectivity index (χ0v) is 17.1. The Morgan fingerprint density at radius 3 is 2.34 bits per heavy atom. The summed E-state index contributed by atoms with van der Waals surface area (Å²) in [6.45, 7) is 1.49. The van der Waals surface area contributed by atoms with Gasteiger partial charge in [-0.2, -0.15) is 0 Å². The molecule has 0 aliphatic carbocycles. The highest BCUT2D eigenvalue weighted by Crippen LogP contribution is 2.22. The second-order valence-electron chi connectivity index (χ2n) is 7.30. The van der Waals surface area contributed by atoms with E-state index in [9.17, 15) is 5.11 Å². The minimum atomic E-state index is 0.290. The van der Waals surface area contributed by atoms with Gasteiger partial charge < -0.3 is 14.7 Å². The van der Waals surface area contributed by atoms with Gasteiger partial charge >= 0.3 is 0 Å². The lowest BCUT2D eigenvalue weighted by Gasteiger charge is -2.11. The van der Waals surface area contributed by atoms with Crippen LogP contribution in [0.1, 0.15) is 16.7 Å². The van der Waals surface area contributed by atoms with E-state index in [2.05, 4.69) is 46.3 Å². The topological polar surface area (TPSA) is 45.6 Å². The van der Waals surface area contributed by atoms with Gasteiger partial charge in [-0.05, 0) is 61.3 Å². The van der Waals surface area contributed by atoms with Gasteiger partial charge in [0, 0.05) is 18.8 Å². The van der Waals surface area contributed by atoms with Crippen molar-refractivity contribution in [2.75, 3.05) is 27.2 Å². The molecular formula is C25H28N2O2. The molecule has 0 atom stereocenters. The third kappa shape index (κ3) is 6.77. The van der Waals surface area contributed by atoms with Gasteiger partial charge in [-0.15, -0.1) is 0 Å². The van der Waals surface area contributed by atoms with E-state index in [4.69, 9.17) is 4.74 Å². The fraction of sp³-hybridized carbons (Fsp3) is 0.240. The molecule has 4 heteroatoms. The van der Waals surface area contributed by atoms with Gasteiger partial charge in [-0.3, -0.25) is 0 Å². The summed E-state index contributed by atoms with van der Waals surface area (Å²) in [5.74, 6) is 0.949. The molecule has 29 heavy (non-hydrogen) atoms. The Hall–Kier alpha value is -3.11. The number of aromatic hydroxyl groups is 1. The molecule has 0 radical (unpaired) electrons. The van der Waals surface area contributed by atoms with Crippen molar-refractivity contribution in [3.05, 3.63) is 95.7 Å². The third-order valence-electron chi connectivity index (χ3n) is 4.65. The largest absolute Gasteiger partial charge is 0.508 e. The Bertz CT molecular complexity index is 902. The highest BCUT2D eigenvalue weighted by atomic mass is 16.5. The van der Waals surface area contributed by atoms with E-state index < -0.39 is 0 Å². The van der Waals surface area contributed by atoms with Crippen LogP contribution in [0.25, 0.3) is 5.57 Å². The van der Waals surface area contributed by atoms with E-state index in [1.54, 1.807) is 12.1 Å². The third-order valence-corrected chi connectivity index (χ3v) is 4.65. The Labute approximate surface area is 173 Å². The minimum absolute atomic E-state index is 0.290. The van der Waals surface area contributed by atoms with Crippen LogP contribution in [-0.2, 0) is 12.8 Å². The predicted octanol–water partition coefficient (Wildman–Crippen LogP) is 4.60. The van der Waals surface area contributed by atoms with Gasteiger partial charge in [-0.25, -0.2) is 4.98 Å². The number of hydrogen-bond acceptors (Lipinski definition) is 4. The maximum absolute atomic E-state index is 9.53. The molecule has 0 saturated carbocycles. The van der Waals surface area contributed by atoms with Crippen LogP contribution in [0.3, 0.4) is 0 Å². The van der Waals surface area contributed by atoms with Crippen molar-refractivity contribution in [3.63, 3.8) is 0 Å². The van der Waals surface area contributed by atoms with E-state index in [1.165, 1.54) is 16.7 Å². The summed E-state index contributed by atoms with van der Waals surface area (Å²) in [5, 5.41) is 9.53. The molecule has 150 valence electrons. The molecule has 1 heterocycles. The van der Waals surface area contributed by atoms with E-state index in [-0.39, 0.29) is 5.75 Å². The molecule has 4 nitrogen and oxygen atoms in total. The molecule has 1 aromatic heterocycles. The van der Waals surface area contributed by atoms with Crippen LogP contribution < -0.4 is 4.74 Å². The zero-order chi connectivity index (χ0) is 20.5. The number of rotatable bonds is 9. The van der Waals surface area contributed by atoms with Crippen LogP contribution in [0, 0.1) is 0 Å². The first-order chi connectivity index (χ1) is 14.1. The molecule has 3 aromatic rings. The normalized spacial score (nSPS) is 11.6. The summed E-state index contributed by atoms with van der Waals surface area (Å²) in [7, 11) is 4.05. The second kappa shape index (κ2) is 10.4. The number of ether oxygens (including phenoxy) is 1. The van der Waals surface area contributed by atoms with Gasteiger partial charge in [0.15, 0.2) is 0 Å². The van der Waals surface area contributed by atoms with E-state index in [0.29, 0.717) is 12.5 Å². The Morgan fingerprint density at radius 2 is 1.69 bits per heavy atom. The fourth-order valence-corrected chi connectivity index (χ4v) is 2.97. The molecule has 3 rings (SSSR count). The number of benzene rings is 2. The Balaban J connectivity index is 1.70. The lowest BCUT2D eigenvalue weighted by molar-refractivity contribution is 0.254. The van der Waals surface area contributed by atoms with Gasteiger partial charge in [0.25, 0.3) is 0 Å². The number of nitrogens with zero attached hydrogens (tertiary/aromatic N) is 2. The number of pyridine rings is 1. The maximum Gasteiger partial charge on any atom is 0.213 e. The molecule has 0 amide bonds. The Morgan fingerprint density at radius 1 is 0.966 bits per heavy atom. The SMILES string of the molecule is CN(C)CCOc1ccc(C/C=C(\Cc2ccc(O)cc2)c2ccccc2)cn1. The van der Waals surface area contributed by atoms with Gasteiger partial charge in [-0.1, -0.05) is 54.6 Å². The highest BCUT2D eigenvalue weighted by Gasteiger charge is 2.05. The summed E-state index contributed by atoms with van der Waals surface area (Å²) in [4.78, 5) is 6.50. The standard InChI is InChI=1S/C25H28N2O2/c1-27(2)16-17-29-25-15-11-21(19-26-25)8-12-23(22-6-4-3-5-7-22)18-20-9-13-24(28)14-10-20/h3-7,9-15,19,28H,8,16-18H2,1-2H3/b23-12+. The first-order valence-electron chi connectivity index (χ1n) is 9.85. The first-order valence-corrected chi connectivity index (χ1v) is 9.85. The number of aromatic nitrogens is 1. The molecular weight excluding hydrogens is 360 g/mol. The summed E-state index contributed by atoms with van der Waals surface area (Å²) >= 11 is 0. The van der Waals surface area contributed by atoms with Crippen molar-refractivity contribution in [1.29, 1.82) is 0 Å². The molecule has 0 bridgehead atoms. The molecule has 0 saturated heterocycles. The molecule has 1 N–H and O–H groups in total. The summed E-state index contributed by atoms with van der Waals surface area (Å²) < 4.78 is 5.67. The highest BCUT2D eigenvalue weighted by molar-refractivity contribution is 5.68. The number of phenols is 1. The van der Waals surface area contributed by atoms with E-state index in [0.717, 1.165) is 24.9 Å². The molecule has 2 aromatic carbocycles. The Kier molecular flexibility index (Phi) is 7.42. The average molecular weight is 389 g/mol. The van der Waals surface area contributed by atoms with Crippen molar-refractivity contribution in [2.24, 2.45) is 0 Å². The molecule has 0 aliphatic heterocycles. The van der Waals surface area contributed by atoms with Crippen molar-refractivity contribution in [3.8, 4) is 11.6 Å². The van der Waals surface area contributed by atoms with Crippen LogP contribution >= 0.6 is 0 Å². The molecule has 0 unspecified atom stereocenters. The van der Waals surface area contributed by atoms with Crippen LogP contribution in [0.2, 0.25) is 0 Å². The lowest BCUT2D eigenvalue weighted by atomic mass is 9.96. The maximum atomic E-state index is 9.53. The average Bonchev–Trinajstić information content (AvgIpc) is 2.74. The van der Waals surface area contributed by atoms with Gasteiger partial charge in [0.2, 0.25) is 5.88 Å². The van der Waals surface area contributed by atoms with Crippen molar-refractivity contribution in [1.82, 2.24) is 9.88 Å². The lowest BCUT2D eigenvalue weighted by Crippen LogP contribution is -2.19. The zero-order valence-electron chi connectivity index (χ0n) is 17.1. The molecule has 0 aliphatic rings. The summed E-state index contributed by atoms with van der Waals surface area (Å²) in [6.07, 6.45) is 5.74. The van der Waals surface area contributed by atoms with Gasteiger partial charge in [0.1, 0.15) is 12.4 Å². The number of likely N-dealkylation sites (N-methyl/N-ethyl adjacent to an activating group) is 1. The van der Waals surface area contributed by atoms with Crippen LogP contribution in [0.4, 0.5) is 0 Å². The van der Waals surface area contributed by atoms with Crippen molar-refractivity contribution < 1.29 is 9.84 Å². The van der Waals surface area contributed by atoms with Crippen LogP contribution in [-0.4, -0.2) is 42.2 Å². The number of allylic oxidation sites excluding steroid dienone is 2. The van der Waals surface area contributed by atoms with E-state index in [1.807, 2.05) is 44.6 Å². The van der Waals surface area contributed by atoms with Crippen LogP contribution in [0.15, 0.2) is 79.0 Å². The van der Waals surface area contributed by atoms with Crippen LogP contribution in [0.5, 0.6) is 11.6 Å². The fourth-order valence-electron chi connectivity index (χ4n) is 2.97. The number of phenolic OH excluding ortho intramolecular Hbond substituents is 1. The smallest absolute Gasteiger partial charge is 0.213 e. The molecule has 0 spiro atoms. The number of hydrogen-bond donors (Lipinski definition) is 1. The van der Waals surface area contributed by atoms with Gasteiger partial charge in [0.05, 0.1) is 0 Å². The summed E-state index contributed by atoms with van der Waals surface area (Å²) in [6, 6.07) is 21.8. The second-order valence-corrected chi connectivity index (χ2v) is 7.30. The van der Waals surface area contributed by atoms with Crippen molar-refractivity contribution >= 4 is 5.57 Å². The van der Waals surface area contributed by atoms with Crippen molar-refractivity contribution in [2.45, 2.75) is 12.8 Å². The molecule has 0 fully saturated rings. The van der Waals surface area contributed by atoms with E-state index >= 15 is 0 Å². The minimum Gasteiger partial charge on any atom is -0.508 e.